The normalized spacial score (nSPS) is 24.4. The lowest BCUT2D eigenvalue weighted by molar-refractivity contribution is -0.146. The highest BCUT2D eigenvalue weighted by Gasteiger charge is 2.41. The molecule has 0 spiro atoms. The summed E-state index contributed by atoms with van der Waals surface area (Å²) in [4.78, 5) is 24.9. The van der Waals surface area contributed by atoms with E-state index in [1.54, 1.807) is 20.8 Å². The molecule has 1 aliphatic heterocycles. The quantitative estimate of drug-likeness (QED) is 0.803. The Kier molecular flexibility index (Phi) is 4.72. The number of nitrogens with zero attached hydrogens (tertiary/aromatic N) is 1. The number of piperidine rings is 1. The van der Waals surface area contributed by atoms with Gasteiger partial charge in [-0.15, -0.1) is 0 Å². The van der Waals surface area contributed by atoms with Crippen LogP contribution in [0.25, 0.3) is 0 Å². The fraction of sp³-hybridized carbons (Fsp3) is 0.867. The standard InChI is InChI=1S/C15H27NO4/c1-14(2,3)10-7-8-16(11(9-10)12(17)18)13(19)20-15(4,5)6/h10-11H,7-9H2,1-6H3,(H,17,18)/t10-,11+/m1/s1. The van der Waals surface area contributed by atoms with Gasteiger partial charge < -0.3 is 9.84 Å². The first-order valence-corrected chi connectivity index (χ1v) is 7.14. The van der Waals surface area contributed by atoms with Gasteiger partial charge in [0.15, 0.2) is 0 Å². The zero-order chi connectivity index (χ0) is 15.7. The molecule has 0 bridgehead atoms. The highest BCUT2D eigenvalue weighted by Crippen LogP contribution is 2.37. The molecule has 0 aromatic carbocycles. The SMILES string of the molecule is CC(C)(C)OC(=O)N1CC[C@@H](C(C)(C)C)C[C@H]1C(=O)O. The van der Waals surface area contributed by atoms with Gasteiger partial charge in [0.25, 0.3) is 0 Å². The number of carboxylic acid groups (broad SMARTS) is 1. The van der Waals surface area contributed by atoms with Crippen LogP contribution in [0.1, 0.15) is 54.4 Å². The van der Waals surface area contributed by atoms with Crippen molar-refractivity contribution < 1.29 is 19.4 Å². The molecule has 0 aliphatic carbocycles. The lowest BCUT2D eigenvalue weighted by atomic mass is 9.73. The first-order chi connectivity index (χ1) is 8.92. The van der Waals surface area contributed by atoms with Crippen molar-refractivity contribution >= 4 is 12.1 Å². The zero-order valence-electron chi connectivity index (χ0n) is 13.4. The third kappa shape index (κ3) is 4.39. The van der Waals surface area contributed by atoms with Crippen LogP contribution in [-0.4, -0.2) is 40.3 Å². The minimum Gasteiger partial charge on any atom is -0.480 e. The summed E-state index contributed by atoms with van der Waals surface area (Å²) in [5.41, 5.74) is -0.561. The van der Waals surface area contributed by atoms with Gasteiger partial charge in [-0.25, -0.2) is 9.59 Å². The highest BCUT2D eigenvalue weighted by molar-refractivity contribution is 5.80. The van der Waals surface area contributed by atoms with E-state index in [9.17, 15) is 14.7 Å². The van der Waals surface area contributed by atoms with E-state index in [0.29, 0.717) is 18.9 Å². The van der Waals surface area contributed by atoms with Crippen LogP contribution >= 0.6 is 0 Å². The van der Waals surface area contributed by atoms with Crippen molar-refractivity contribution in [1.82, 2.24) is 4.90 Å². The summed E-state index contributed by atoms with van der Waals surface area (Å²) >= 11 is 0. The molecule has 1 fully saturated rings. The highest BCUT2D eigenvalue weighted by atomic mass is 16.6. The molecule has 2 atom stereocenters. The molecule has 0 saturated carbocycles. The Bertz CT molecular complexity index is 378. The Balaban J connectivity index is 2.83. The molecular formula is C15H27NO4. The van der Waals surface area contributed by atoms with E-state index in [1.165, 1.54) is 4.90 Å². The van der Waals surface area contributed by atoms with E-state index in [0.717, 1.165) is 6.42 Å². The van der Waals surface area contributed by atoms with Gasteiger partial charge in [-0.05, 0) is 44.9 Å². The van der Waals surface area contributed by atoms with Crippen LogP contribution in [0.4, 0.5) is 4.79 Å². The Morgan fingerprint density at radius 2 is 1.70 bits per heavy atom. The van der Waals surface area contributed by atoms with Crippen molar-refractivity contribution in [3.63, 3.8) is 0 Å². The Morgan fingerprint density at radius 3 is 2.10 bits per heavy atom. The summed E-state index contributed by atoms with van der Waals surface area (Å²) < 4.78 is 5.30. The van der Waals surface area contributed by atoms with E-state index < -0.39 is 23.7 Å². The number of carbonyl (C=O) groups is 2. The second-order valence-electron chi connectivity index (χ2n) is 7.62. The summed E-state index contributed by atoms with van der Waals surface area (Å²) in [6.45, 7) is 12.1. The van der Waals surface area contributed by atoms with Crippen LogP contribution in [0.3, 0.4) is 0 Å². The number of hydrogen-bond acceptors (Lipinski definition) is 3. The predicted octanol–water partition coefficient (Wildman–Crippen LogP) is 3.13. The summed E-state index contributed by atoms with van der Waals surface area (Å²) in [6, 6.07) is -0.789. The van der Waals surface area contributed by atoms with Gasteiger partial charge in [-0.2, -0.15) is 0 Å². The number of rotatable bonds is 1. The van der Waals surface area contributed by atoms with E-state index >= 15 is 0 Å². The van der Waals surface area contributed by atoms with Crippen molar-refractivity contribution in [3.05, 3.63) is 0 Å². The molecule has 5 nitrogen and oxygen atoms in total. The number of carboxylic acids is 1. The molecule has 1 rings (SSSR count). The molecule has 1 N–H and O–H groups in total. The molecule has 0 unspecified atom stereocenters. The second kappa shape index (κ2) is 5.62. The maximum Gasteiger partial charge on any atom is 0.411 e. The monoisotopic (exact) mass is 285 g/mol. The average Bonchev–Trinajstić information content (AvgIpc) is 2.24. The lowest BCUT2D eigenvalue weighted by Gasteiger charge is -2.42. The molecule has 20 heavy (non-hydrogen) atoms. The maximum atomic E-state index is 12.1. The number of amides is 1. The maximum absolute atomic E-state index is 12.1. The van der Waals surface area contributed by atoms with E-state index in [4.69, 9.17) is 4.74 Å². The van der Waals surface area contributed by atoms with Gasteiger partial charge in [-0.1, -0.05) is 20.8 Å². The van der Waals surface area contributed by atoms with E-state index in [-0.39, 0.29) is 5.41 Å². The Morgan fingerprint density at radius 1 is 1.15 bits per heavy atom. The number of aliphatic carboxylic acids is 1. The number of carbonyl (C=O) groups excluding carboxylic acids is 1. The molecule has 5 heteroatoms. The molecule has 0 aromatic heterocycles. The van der Waals surface area contributed by atoms with Crippen LogP contribution in [0.2, 0.25) is 0 Å². The van der Waals surface area contributed by atoms with Crippen molar-refractivity contribution in [2.24, 2.45) is 11.3 Å². The van der Waals surface area contributed by atoms with Crippen molar-refractivity contribution in [2.45, 2.75) is 66.0 Å². The van der Waals surface area contributed by atoms with Crippen LogP contribution in [0.15, 0.2) is 0 Å². The largest absolute Gasteiger partial charge is 0.480 e. The van der Waals surface area contributed by atoms with Gasteiger partial charge in [0.05, 0.1) is 0 Å². The zero-order valence-corrected chi connectivity index (χ0v) is 13.4. The first kappa shape index (κ1) is 16.8. The minimum atomic E-state index is -0.954. The Hall–Kier alpha value is -1.26. The van der Waals surface area contributed by atoms with E-state index in [1.807, 2.05) is 0 Å². The van der Waals surface area contributed by atoms with Gasteiger partial charge in [0.2, 0.25) is 0 Å². The van der Waals surface area contributed by atoms with Crippen LogP contribution in [-0.2, 0) is 9.53 Å². The third-order valence-corrected chi connectivity index (χ3v) is 3.74. The minimum absolute atomic E-state index is 0.0493. The van der Waals surface area contributed by atoms with Crippen molar-refractivity contribution in [1.29, 1.82) is 0 Å². The number of ether oxygens (including phenoxy) is 1. The molecule has 1 amide bonds. The summed E-state index contributed by atoms with van der Waals surface area (Å²) in [6.07, 6.45) is 0.766. The van der Waals surface area contributed by atoms with Gasteiger partial charge in [0.1, 0.15) is 11.6 Å². The van der Waals surface area contributed by atoms with Gasteiger partial charge in [0, 0.05) is 6.54 Å². The topological polar surface area (TPSA) is 66.8 Å². The van der Waals surface area contributed by atoms with E-state index in [2.05, 4.69) is 20.8 Å². The first-order valence-electron chi connectivity index (χ1n) is 7.14. The second-order valence-corrected chi connectivity index (χ2v) is 7.62. The fourth-order valence-electron chi connectivity index (χ4n) is 2.53. The molecule has 1 aliphatic rings. The smallest absolute Gasteiger partial charge is 0.411 e. The van der Waals surface area contributed by atoms with Crippen molar-refractivity contribution in [3.8, 4) is 0 Å². The Labute approximate surface area is 121 Å². The predicted molar refractivity (Wildman–Crippen MR) is 76.5 cm³/mol. The third-order valence-electron chi connectivity index (χ3n) is 3.74. The summed E-state index contributed by atoms with van der Waals surface area (Å²) in [5.74, 6) is -0.660. The fourth-order valence-corrected chi connectivity index (χ4v) is 2.53. The molecule has 1 heterocycles. The van der Waals surface area contributed by atoms with Gasteiger partial charge >= 0.3 is 12.1 Å². The summed E-state index contributed by atoms with van der Waals surface area (Å²) in [7, 11) is 0. The molecule has 1 saturated heterocycles. The molecule has 0 radical (unpaired) electrons. The average molecular weight is 285 g/mol. The molecule has 116 valence electrons. The molecular weight excluding hydrogens is 258 g/mol. The molecule has 0 aromatic rings. The van der Waals surface area contributed by atoms with Crippen LogP contribution in [0, 0.1) is 11.3 Å². The van der Waals surface area contributed by atoms with Gasteiger partial charge in [-0.3, -0.25) is 4.90 Å². The van der Waals surface area contributed by atoms with Crippen LogP contribution in [0.5, 0.6) is 0 Å². The van der Waals surface area contributed by atoms with Crippen LogP contribution < -0.4 is 0 Å². The summed E-state index contributed by atoms with van der Waals surface area (Å²) in [5, 5.41) is 9.39. The number of likely N-dealkylation sites (tertiary alicyclic amines) is 1. The van der Waals surface area contributed by atoms with Crippen molar-refractivity contribution in [2.75, 3.05) is 6.54 Å². The lowest BCUT2D eigenvalue weighted by Crippen LogP contribution is -2.53. The number of hydrogen-bond donors (Lipinski definition) is 1.